The van der Waals surface area contributed by atoms with Crippen molar-refractivity contribution in [3.63, 3.8) is 0 Å². The molecule has 250 valence electrons. The van der Waals surface area contributed by atoms with Gasteiger partial charge in [0.25, 0.3) is 0 Å². The van der Waals surface area contributed by atoms with E-state index in [1.165, 1.54) is 6.07 Å². The van der Waals surface area contributed by atoms with Gasteiger partial charge in [-0.05, 0) is 73.1 Å². The van der Waals surface area contributed by atoms with Crippen LogP contribution in [0.4, 0.5) is 10.1 Å². The fourth-order valence-corrected chi connectivity index (χ4v) is 7.66. The van der Waals surface area contributed by atoms with Crippen LogP contribution in [-0.2, 0) is 14.4 Å². The van der Waals surface area contributed by atoms with Gasteiger partial charge in [0.05, 0.1) is 12.5 Å². The molecule has 3 aliphatic rings. The summed E-state index contributed by atoms with van der Waals surface area (Å²) in [6.07, 6.45) is 4.25. The molecule has 10 heteroatoms. The van der Waals surface area contributed by atoms with E-state index < -0.39 is 23.8 Å². The number of carbonyl (C=O) groups excluding carboxylic acids is 2. The van der Waals surface area contributed by atoms with Crippen molar-refractivity contribution < 1.29 is 33.4 Å². The molecule has 0 spiro atoms. The number of nitrogens with zero attached hydrogens (tertiary/aromatic N) is 3. The number of ether oxygens (including phenoxy) is 2. The van der Waals surface area contributed by atoms with Gasteiger partial charge in [-0.3, -0.25) is 19.3 Å². The van der Waals surface area contributed by atoms with Gasteiger partial charge >= 0.3 is 5.97 Å². The molecule has 46 heavy (non-hydrogen) atoms. The van der Waals surface area contributed by atoms with Crippen LogP contribution >= 0.6 is 0 Å². The Morgan fingerprint density at radius 1 is 1.09 bits per heavy atom. The second-order valence-electron chi connectivity index (χ2n) is 14.0. The summed E-state index contributed by atoms with van der Waals surface area (Å²) in [5, 5.41) is 10.7. The zero-order chi connectivity index (χ0) is 33.2. The van der Waals surface area contributed by atoms with Gasteiger partial charge in [-0.15, -0.1) is 0 Å². The standard InChI is InChI=1S/C36H48FN3O6/c1-6-8-25(9-7-2)40(26-11-12-28(37)23(3)16-26)33(42)20-39-19-27(24-10-13-30-31(17-24)46-22-45-30)34(35(43)44)29(39)14-15-38-21-36(4,5)18-32(38)41/h10-13,16-17,25,27,29,34H,6-9,14-15,18-22H2,1-5H3,(H,43,44)/t27-,29-,34+/m1/s1. The second kappa shape index (κ2) is 14.0. The minimum Gasteiger partial charge on any atom is -0.481 e. The Kier molecular flexibility index (Phi) is 10.2. The number of benzene rings is 2. The highest BCUT2D eigenvalue weighted by molar-refractivity contribution is 5.95. The van der Waals surface area contributed by atoms with Gasteiger partial charge in [0.15, 0.2) is 11.5 Å². The summed E-state index contributed by atoms with van der Waals surface area (Å²) in [6, 6.07) is 9.78. The molecule has 0 aliphatic carbocycles. The summed E-state index contributed by atoms with van der Waals surface area (Å²) in [5.74, 6) is -1.33. The maximum atomic E-state index is 14.4. The van der Waals surface area contributed by atoms with Crippen molar-refractivity contribution in [1.29, 1.82) is 0 Å². The van der Waals surface area contributed by atoms with Crippen molar-refractivity contribution in [2.75, 3.05) is 37.9 Å². The van der Waals surface area contributed by atoms with Gasteiger partial charge in [-0.1, -0.05) is 46.6 Å². The third kappa shape index (κ3) is 7.17. The number of likely N-dealkylation sites (tertiary alicyclic amines) is 2. The molecular formula is C36H48FN3O6. The Hall–Kier alpha value is -3.66. The monoisotopic (exact) mass is 637 g/mol. The Labute approximate surface area is 271 Å². The highest BCUT2D eigenvalue weighted by Crippen LogP contribution is 2.43. The normalized spacial score (nSPS) is 22.2. The van der Waals surface area contributed by atoms with Crippen LogP contribution in [0.1, 0.15) is 83.3 Å². The lowest BCUT2D eigenvalue weighted by Crippen LogP contribution is -2.48. The summed E-state index contributed by atoms with van der Waals surface area (Å²) in [5.41, 5.74) is 1.80. The van der Waals surface area contributed by atoms with Gasteiger partial charge in [0, 0.05) is 49.7 Å². The van der Waals surface area contributed by atoms with Crippen LogP contribution in [0.5, 0.6) is 11.5 Å². The minimum atomic E-state index is -0.934. The van der Waals surface area contributed by atoms with E-state index in [9.17, 15) is 23.9 Å². The van der Waals surface area contributed by atoms with E-state index in [2.05, 4.69) is 27.7 Å². The molecule has 3 heterocycles. The number of carboxylic acids is 1. The second-order valence-corrected chi connectivity index (χ2v) is 14.0. The molecule has 0 bridgehead atoms. The van der Waals surface area contributed by atoms with E-state index in [-0.39, 0.29) is 42.4 Å². The number of halogens is 1. The Bertz CT molecular complexity index is 1440. The molecule has 0 saturated carbocycles. The van der Waals surface area contributed by atoms with Crippen LogP contribution in [0.3, 0.4) is 0 Å². The Morgan fingerprint density at radius 3 is 2.43 bits per heavy atom. The average Bonchev–Trinajstić information content (AvgIpc) is 3.68. The van der Waals surface area contributed by atoms with Crippen molar-refractivity contribution in [1.82, 2.24) is 9.80 Å². The first-order valence-corrected chi connectivity index (χ1v) is 16.6. The quantitative estimate of drug-likeness (QED) is 0.288. The molecule has 5 rings (SSSR count). The molecule has 3 atom stereocenters. The summed E-state index contributed by atoms with van der Waals surface area (Å²) in [6.45, 7) is 11.5. The predicted octanol–water partition coefficient (Wildman–Crippen LogP) is 5.98. The Morgan fingerprint density at radius 2 is 1.80 bits per heavy atom. The van der Waals surface area contributed by atoms with Gasteiger partial charge in [-0.2, -0.15) is 0 Å². The number of carbonyl (C=O) groups is 3. The lowest BCUT2D eigenvalue weighted by atomic mass is 9.84. The first-order chi connectivity index (χ1) is 21.9. The van der Waals surface area contributed by atoms with E-state index in [0.29, 0.717) is 55.2 Å². The van der Waals surface area contributed by atoms with Crippen molar-refractivity contribution in [2.45, 2.75) is 91.1 Å². The van der Waals surface area contributed by atoms with Crippen LogP contribution in [0.15, 0.2) is 36.4 Å². The lowest BCUT2D eigenvalue weighted by Gasteiger charge is -2.35. The molecule has 3 aliphatic heterocycles. The molecule has 9 nitrogen and oxygen atoms in total. The smallest absolute Gasteiger partial charge is 0.308 e. The molecule has 2 amide bonds. The molecule has 0 unspecified atom stereocenters. The number of rotatable bonds is 13. The van der Waals surface area contributed by atoms with Crippen LogP contribution in [0.25, 0.3) is 0 Å². The summed E-state index contributed by atoms with van der Waals surface area (Å²) < 4.78 is 25.4. The van der Waals surface area contributed by atoms with Crippen LogP contribution in [0, 0.1) is 24.1 Å². The molecular weight excluding hydrogens is 589 g/mol. The zero-order valence-corrected chi connectivity index (χ0v) is 27.8. The number of carboxylic acid groups (broad SMARTS) is 1. The maximum absolute atomic E-state index is 14.4. The van der Waals surface area contributed by atoms with Crippen molar-refractivity contribution in [3.05, 3.63) is 53.3 Å². The van der Waals surface area contributed by atoms with Crippen LogP contribution in [-0.4, -0.2) is 77.7 Å². The summed E-state index contributed by atoms with van der Waals surface area (Å²) in [4.78, 5) is 46.0. The fourth-order valence-electron chi connectivity index (χ4n) is 7.66. The fraction of sp³-hybridized carbons (Fsp3) is 0.583. The number of anilines is 1. The number of hydrogen-bond donors (Lipinski definition) is 1. The lowest BCUT2D eigenvalue weighted by molar-refractivity contribution is -0.143. The van der Waals surface area contributed by atoms with Crippen LogP contribution in [0.2, 0.25) is 0 Å². The highest BCUT2D eigenvalue weighted by atomic mass is 19.1. The average molecular weight is 638 g/mol. The van der Waals surface area contributed by atoms with Gasteiger partial charge in [-0.25, -0.2) is 4.39 Å². The molecule has 0 radical (unpaired) electrons. The SMILES string of the molecule is CCCC(CCC)N(C(=O)CN1C[C@H](c2ccc3c(c2)OCO3)[C@H](C(=O)O)[C@H]1CCN1CC(C)(C)CC1=O)c1ccc(F)c(C)c1. The summed E-state index contributed by atoms with van der Waals surface area (Å²) >= 11 is 0. The third-order valence-corrected chi connectivity index (χ3v) is 9.79. The molecule has 2 saturated heterocycles. The topological polar surface area (TPSA) is 99.6 Å². The molecule has 1 N–H and O–H groups in total. The molecule has 2 aromatic rings. The molecule has 2 fully saturated rings. The summed E-state index contributed by atoms with van der Waals surface area (Å²) in [7, 11) is 0. The van der Waals surface area contributed by atoms with Crippen molar-refractivity contribution >= 4 is 23.5 Å². The Balaban J connectivity index is 1.48. The molecule has 2 aromatic carbocycles. The number of aryl methyl sites for hydroxylation is 1. The maximum Gasteiger partial charge on any atom is 0.308 e. The molecule has 0 aromatic heterocycles. The predicted molar refractivity (Wildman–Crippen MR) is 174 cm³/mol. The number of amides is 2. The van der Waals surface area contributed by atoms with Gasteiger partial charge in [0.2, 0.25) is 18.6 Å². The first kappa shape index (κ1) is 33.7. The largest absolute Gasteiger partial charge is 0.481 e. The highest BCUT2D eigenvalue weighted by Gasteiger charge is 2.48. The van der Waals surface area contributed by atoms with E-state index in [1.807, 2.05) is 32.9 Å². The zero-order valence-electron chi connectivity index (χ0n) is 27.8. The number of fused-ring (bicyclic) bond motifs is 1. The van der Waals surface area contributed by atoms with E-state index in [0.717, 1.165) is 31.2 Å². The minimum absolute atomic E-state index is 0.00922. The third-order valence-electron chi connectivity index (χ3n) is 9.79. The van der Waals surface area contributed by atoms with E-state index >= 15 is 0 Å². The van der Waals surface area contributed by atoms with E-state index in [4.69, 9.17) is 9.47 Å². The number of aliphatic carboxylic acids is 1. The van der Waals surface area contributed by atoms with Gasteiger partial charge in [0.1, 0.15) is 5.82 Å². The van der Waals surface area contributed by atoms with E-state index in [1.54, 1.807) is 19.1 Å². The van der Waals surface area contributed by atoms with Crippen molar-refractivity contribution in [3.8, 4) is 11.5 Å². The van der Waals surface area contributed by atoms with Gasteiger partial charge < -0.3 is 24.4 Å². The van der Waals surface area contributed by atoms with Crippen LogP contribution < -0.4 is 14.4 Å². The first-order valence-electron chi connectivity index (χ1n) is 16.6. The van der Waals surface area contributed by atoms with Crippen molar-refractivity contribution in [2.24, 2.45) is 11.3 Å². The number of hydrogen-bond acceptors (Lipinski definition) is 6.